The standard InChI is InChI=1S/C8H5Cl3O2.CH3Cl/c9-8(10,11)6-3-1-5(2-4-6)7(12)13;1-2/h1-4H,(H,12,13);1H3. The molecule has 1 N–H and O–H groups in total. The Balaban J connectivity index is 0.000000921. The monoisotopic (exact) mass is 288 g/mol. The van der Waals surface area contributed by atoms with Gasteiger partial charge in [0.05, 0.1) is 5.56 Å². The second-order valence-corrected chi connectivity index (χ2v) is 4.66. The van der Waals surface area contributed by atoms with Crippen LogP contribution in [0, 0.1) is 0 Å². The summed E-state index contributed by atoms with van der Waals surface area (Å²) in [6, 6.07) is 5.71. The first-order chi connectivity index (χ1) is 6.91. The van der Waals surface area contributed by atoms with Crippen molar-refractivity contribution in [2.45, 2.75) is 3.79 Å². The molecule has 0 radical (unpaired) electrons. The Kier molecular flexibility index (Phi) is 6.37. The van der Waals surface area contributed by atoms with Crippen LogP contribution in [0.4, 0.5) is 0 Å². The third-order valence-corrected chi connectivity index (χ3v) is 2.11. The maximum atomic E-state index is 10.5. The third-order valence-electron chi connectivity index (χ3n) is 1.46. The van der Waals surface area contributed by atoms with Crippen molar-refractivity contribution in [2.24, 2.45) is 0 Å². The molecule has 1 aromatic carbocycles. The summed E-state index contributed by atoms with van der Waals surface area (Å²) < 4.78 is -1.50. The summed E-state index contributed by atoms with van der Waals surface area (Å²) in [4.78, 5) is 10.5. The van der Waals surface area contributed by atoms with Crippen LogP contribution in [0.2, 0.25) is 0 Å². The molecule has 6 heteroatoms. The molecule has 0 aliphatic carbocycles. The van der Waals surface area contributed by atoms with E-state index in [1.54, 1.807) is 0 Å². The van der Waals surface area contributed by atoms with Crippen molar-refractivity contribution in [3.63, 3.8) is 0 Å². The smallest absolute Gasteiger partial charge is 0.335 e. The summed E-state index contributed by atoms with van der Waals surface area (Å²) in [6.45, 7) is 0. The number of carboxylic acid groups (broad SMARTS) is 1. The fourth-order valence-electron chi connectivity index (χ4n) is 0.802. The molecule has 84 valence electrons. The first-order valence-corrected chi connectivity index (χ1v) is 5.58. The summed E-state index contributed by atoms with van der Waals surface area (Å²) >= 11 is 21.4. The van der Waals surface area contributed by atoms with Crippen LogP contribution >= 0.6 is 46.4 Å². The Morgan fingerprint density at radius 1 is 1.13 bits per heavy atom. The van der Waals surface area contributed by atoms with Crippen molar-refractivity contribution in [2.75, 3.05) is 6.38 Å². The van der Waals surface area contributed by atoms with Crippen molar-refractivity contribution in [3.8, 4) is 0 Å². The normalized spacial score (nSPS) is 10.2. The summed E-state index contributed by atoms with van der Waals surface area (Å²) in [5, 5.41) is 8.58. The highest BCUT2D eigenvalue weighted by molar-refractivity contribution is 6.66. The van der Waals surface area contributed by atoms with Crippen molar-refractivity contribution in [1.29, 1.82) is 0 Å². The van der Waals surface area contributed by atoms with E-state index >= 15 is 0 Å². The third kappa shape index (κ3) is 4.94. The van der Waals surface area contributed by atoms with Crippen LogP contribution in [-0.2, 0) is 3.79 Å². The molecule has 0 heterocycles. The van der Waals surface area contributed by atoms with Crippen molar-refractivity contribution in [1.82, 2.24) is 0 Å². The van der Waals surface area contributed by atoms with E-state index < -0.39 is 9.76 Å². The molecule has 0 unspecified atom stereocenters. The maximum Gasteiger partial charge on any atom is 0.335 e. The molecule has 0 saturated carbocycles. The second kappa shape index (κ2) is 6.44. The lowest BCUT2D eigenvalue weighted by atomic mass is 10.1. The molecule has 2 nitrogen and oxygen atoms in total. The van der Waals surface area contributed by atoms with Gasteiger partial charge in [-0.05, 0) is 12.1 Å². The van der Waals surface area contributed by atoms with E-state index in [4.69, 9.17) is 39.9 Å². The zero-order valence-corrected chi connectivity index (χ0v) is 10.7. The average molecular weight is 290 g/mol. The van der Waals surface area contributed by atoms with Crippen LogP contribution in [-0.4, -0.2) is 17.5 Å². The Bertz CT molecular complexity index is 316. The van der Waals surface area contributed by atoms with Crippen LogP contribution in [0.3, 0.4) is 0 Å². The molecule has 0 bridgehead atoms. The number of rotatable bonds is 1. The van der Waals surface area contributed by atoms with Gasteiger partial charge in [-0.25, -0.2) is 4.79 Å². The van der Waals surface area contributed by atoms with E-state index in [0.29, 0.717) is 5.56 Å². The fourth-order valence-corrected chi connectivity index (χ4v) is 1.18. The molecular weight excluding hydrogens is 282 g/mol. The van der Waals surface area contributed by atoms with Gasteiger partial charge in [0.25, 0.3) is 0 Å². The van der Waals surface area contributed by atoms with Gasteiger partial charge >= 0.3 is 5.97 Å². The van der Waals surface area contributed by atoms with Crippen molar-refractivity contribution >= 4 is 52.4 Å². The van der Waals surface area contributed by atoms with Gasteiger partial charge < -0.3 is 5.11 Å². The minimum atomic E-state index is -1.50. The van der Waals surface area contributed by atoms with Crippen LogP contribution in [0.15, 0.2) is 24.3 Å². The quantitative estimate of drug-likeness (QED) is 0.792. The molecule has 0 amide bonds. The molecule has 1 rings (SSSR count). The van der Waals surface area contributed by atoms with Gasteiger partial charge in [-0.3, -0.25) is 0 Å². The van der Waals surface area contributed by atoms with E-state index in [0.717, 1.165) is 0 Å². The number of hydrogen-bond donors (Lipinski definition) is 1. The molecule has 0 saturated heterocycles. The van der Waals surface area contributed by atoms with Crippen LogP contribution in [0.25, 0.3) is 0 Å². The molecule has 0 atom stereocenters. The molecular formula is C9H8Cl4O2. The second-order valence-electron chi connectivity index (χ2n) is 2.38. The molecule has 1 aromatic rings. The Morgan fingerprint density at radius 3 is 1.80 bits per heavy atom. The highest BCUT2D eigenvalue weighted by Gasteiger charge is 2.22. The van der Waals surface area contributed by atoms with E-state index in [1.165, 1.54) is 30.6 Å². The number of hydrogen-bond acceptors (Lipinski definition) is 1. The molecule has 0 fully saturated rings. The van der Waals surface area contributed by atoms with Gasteiger partial charge in [0.15, 0.2) is 0 Å². The van der Waals surface area contributed by atoms with Gasteiger partial charge in [0, 0.05) is 11.9 Å². The van der Waals surface area contributed by atoms with E-state index in [-0.39, 0.29) is 5.56 Å². The number of benzene rings is 1. The lowest BCUT2D eigenvalue weighted by Gasteiger charge is -2.10. The van der Waals surface area contributed by atoms with Crippen molar-refractivity contribution in [3.05, 3.63) is 35.4 Å². The molecule has 0 aliphatic rings. The predicted octanol–water partition coefficient (Wildman–Crippen LogP) is 4.07. The van der Waals surface area contributed by atoms with Gasteiger partial charge in [-0.1, -0.05) is 46.9 Å². The highest BCUT2D eigenvalue weighted by Crippen LogP contribution is 2.37. The molecule has 15 heavy (non-hydrogen) atoms. The molecule has 0 spiro atoms. The number of alkyl halides is 4. The number of carbonyl (C=O) groups is 1. The lowest BCUT2D eigenvalue weighted by molar-refractivity contribution is 0.0697. The fraction of sp³-hybridized carbons (Fsp3) is 0.222. The minimum absolute atomic E-state index is 0.165. The van der Waals surface area contributed by atoms with Gasteiger partial charge in [-0.15, -0.1) is 11.6 Å². The summed E-state index contributed by atoms with van der Waals surface area (Å²) in [7, 11) is 0. The average Bonchev–Trinajstić information content (AvgIpc) is 2.20. The largest absolute Gasteiger partial charge is 0.478 e. The Hall–Kier alpha value is -0.150. The van der Waals surface area contributed by atoms with Gasteiger partial charge in [-0.2, -0.15) is 0 Å². The number of carboxylic acids is 1. The summed E-state index contributed by atoms with van der Waals surface area (Å²) in [6.07, 6.45) is 1.47. The van der Waals surface area contributed by atoms with E-state index in [1.807, 2.05) is 0 Å². The Morgan fingerprint density at radius 2 is 1.53 bits per heavy atom. The van der Waals surface area contributed by atoms with Gasteiger partial charge in [0.2, 0.25) is 3.79 Å². The van der Waals surface area contributed by atoms with E-state index in [9.17, 15) is 4.79 Å². The summed E-state index contributed by atoms with van der Waals surface area (Å²) in [5.41, 5.74) is 0.612. The number of halogens is 4. The van der Waals surface area contributed by atoms with E-state index in [2.05, 4.69) is 11.6 Å². The zero-order valence-electron chi connectivity index (χ0n) is 7.68. The lowest BCUT2D eigenvalue weighted by Crippen LogP contribution is -2.01. The van der Waals surface area contributed by atoms with Crippen LogP contribution in [0.1, 0.15) is 15.9 Å². The Labute approximate surface area is 108 Å². The first kappa shape index (κ1) is 14.8. The highest BCUT2D eigenvalue weighted by atomic mass is 35.6. The minimum Gasteiger partial charge on any atom is -0.478 e. The number of aromatic carboxylic acids is 1. The zero-order chi connectivity index (χ0) is 12.1. The first-order valence-electron chi connectivity index (χ1n) is 3.69. The maximum absolute atomic E-state index is 10.5. The summed E-state index contributed by atoms with van der Waals surface area (Å²) in [5.74, 6) is -1.00. The molecule has 0 aliphatic heterocycles. The van der Waals surface area contributed by atoms with Crippen LogP contribution in [0.5, 0.6) is 0 Å². The molecule has 0 aromatic heterocycles. The van der Waals surface area contributed by atoms with Crippen molar-refractivity contribution < 1.29 is 9.90 Å². The topological polar surface area (TPSA) is 37.3 Å². The predicted molar refractivity (Wildman–Crippen MR) is 64.4 cm³/mol. The van der Waals surface area contributed by atoms with Gasteiger partial charge in [0.1, 0.15) is 0 Å². The van der Waals surface area contributed by atoms with Crippen LogP contribution < -0.4 is 0 Å². The SMILES string of the molecule is CCl.O=C(O)c1ccc(C(Cl)(Cl)Cl)cc1.